The van der Waals surface area contributed by atoms with E-state index in [0.29, 0.717) is 6.61 Å². The summed E-state index contributed by atoms with van der Waals surface area (Å²) in [4.78, 5) is 12.4. The molecule has 2 aliphatic heterocycles. The molecular weight excluding hydrogens is 142 g/mol. The van der Waals surface area contributed by atoms with Crippen LogP contribution in [-0.2, 0) is 4.74 Å². The third-order valence-corrected chi connectivity index (χ3v) is 1.60. The molecule has 0 N–H and O–H groups in total. The van der Waals surface area contributed by atoms with Crippen molar-refractivity contribution in [3.8, 4) is 0 Å². The fourth-order valence-corrected chi connectivity index (χ4v) is 1.04. The zero-order valence-corrected chi connectivity index (χ0v) is 5.86. The summed E-state index contributed by atoms with van der Waals surface area (Å²) in [6, 6.07) is 0. The second-order valence-corrected chi connectivity index (χ2v) is 2.31. The quantitative estimate of drug-likeness (QED) is 0.521. The van der Waals surface area contributed by atoms with E-state index in [1.165, 1.54) is 4.90 Å². The molecule has 2 rings (SSSR count). The first-order valence-electron chi connectivity index (χ1n) is 3.38. The first kappa shape index (κ1) is 6.22. The third-order valence-electron chi connectivity index (χ3n) is 1.60. The van der Waals surface area contributed by atoms with Crippen molar-refractivity contribution in [2.24, 2.45) is 0 Å². The Balaban J connectivity index is 2.37. The lowest BCUT2D eigenvalue weighted by Gasteiger charge is -2.05. The third kappa shape index (κ3) is 0.941. The van der Waals surface area contributed by atoms with Crippen LogP contribution in [0.2, 0.25) is 0 Å². The van der Waals surface area contributed by atoms with Crippen LogP contribution in [0.1, 0.15) is 0 Å². The van der Waals surface area contributed by atoms with Gasteiger partial charge in [0.1, 0.15) is 6.61 Å². The van der Waals surface area contributed by atoms with Gasteiger partial charge < -0.3 is 4.74 Å². The van der Waals surface area contributed by atoms with Crippen molar-refractivity contribution in [2.75, 3.05) is 6.61 Å². The highest BCUT2D eigenvalue weighted by Crippen LogP contribution is 2.17. The number of amides is 1. The summed E-state index contributed by atoms with van der Waals surface area (Å²) in [6.45, 7) is 0.382. The average molecular weight is 149 g/mol. The molecule has 0 aliphatic carbocycles. The second-order valence-electron chi connectivity index (χ2n) is 2.31. The van der Waals surface area contributed by atoms with Gasteiger partial charge in [0.15, 0.2) is 0 Å². The summed E-state index contributed by atoms with van der Waals surface area (Å²) < 4.78 is 4.79. The van der Waals surface area contributed by atoms with Crippen LogP contribution in [0, 0.1) is 0 Å². The number of hydrogen-bond donors (Lipinski definition) is 0. The Morgan fingerprint density at radius 3 is 3.18 bits per heavy atom. The van der Waals surface area contributed by atoms with E-state index in [1.807, 2.05) is 18.2 Å². The summed E-state index contributed by atoms with van der Waals surface area (Å²) in [5, 5.41) is 0. The standard InChI is InChI=1S/C8H7NO2/c10-8-9-5-3-1-2-4-7(9)6-11-8/h1-5H,6H2. The van der Waals surface area contributed by atoms with Gasteiger partial charge in [-0.1, -0.05) is 12.2 Å². The second kappa shape index (κ2) is 2.27. The molecule has 3 nitrogen and oxygen atoms in total. The van der Waals surface area contributed by atoms with Crippen LogP contribution in [0.4, 0.5) is 4.79 Å². The first-order chi connectivity index (χ1) is 5.38. The van der Waals surface area contributed by atoms with Crippen molar-refractivity contribution in [2.45, 2.75) is 0 Å². The molecule has 3 heteroatoms. The molecule has 0 unspecified atom stereocenters. The number of cyclic esters (lactones) is 1. The van der Waals surface area contributed by atoms with E-state index in [9.17, 15) is 4.79 Å². The number of carbonyl (C=O) groups excluding carboxylic acids is 1. The van der Waals surface area contributed by atoms with Crippen LogP contribution >= 0.6 is 0 Å². The Hall–Kier alpha value is -1.51. The van der Waals surface area contributed by atoms with Gasteiger partial charge in [-0.3, -0.25) is 4.90 Å². The molecule has 56 valence electrons. The molecule has 0 aromatic carbocycles. The normalized spacial score (nSPS) is 20.9. The van der Waals surface area contributed by atoms with Gasteiger partial charge in [0.25, 0.3) is 0 Å². The zero-order valence-electron chi connectivity index (χ0n) is 5.86. The SMILES string of the molecule is O=C1OCC2=CC=CC=CN12. The van der Waals surface area contributed by atoms with Crippen LogP contribution in [-0.4, -0.2) is 17.6 Å². The molecule has 2 heterocycles. The van der Waals surface area contributed by atoms with E-state index in [2.05, 4.69) is 0 Å². The minimum absolute atomic E-state index is 0.295. The smallest absolute Gasteiger partial charge is 0.418 e. The Morgan fingerprint density at radius 2 is 2.27 bits per heavy atom. The molecule has 0 atom stereocenters. The minimum atomic E-state index is -0.295. The highest BCUT2D eigenvalue weighted by molar-refractivity contribution is 5.74. The largest absolute Gasteiger partial charge is 0.442 e. The van der Waals surface area contributed by atoms with Crippen molar-refractivity contribution in [3.63, 3.8) is 0 Å². The van der Waals surface area contributed by atoms with Crippen LogP contribution in [0.5, 0.6) is 0 Å². The summed E-state index contributed by atoms with van der Waals surface area (Å²) in [6.07, 6.45) is 8.83. The van der Waals surface area contributed by atoms with Crippen LogP contribution in [0.25, 0.3) is 0 Å². The van der Waals surface area contributed by atoms with Gasteiger partial charge in [0.05, 0.1) is 5.70 Å². The van der Waals surface area contributed by atoms with Gasteiger partial charge in [-0.2, -0.15) is 0 Å². The van der Waals surface area contributed by atoms with E-state index >= 15 is 0 Å². The van der Waals surface area contributed by atoms with Gasteiger partial charge >= 0.3 is 6.09 Å². The van der Waals surface area contributed by atoms with Gasteiger partial charge in [-0.15, -0.1) is 0 Å². The predicted octanol–water partition coefficient (Wildman–Crippen LogP) is 1.41. The van der Waals surface area contributed by atoms with Gasteiger partial charge in [-0.05, 0) is 12.2 Å². The Labute approximate surface area is 64.2 Å². The summed E-state index contributed by atoms with van der Waals surface area (Å²) in [5.74, 6) is 0. The highest BCUT2D eigenvalue weighted by atomic mass is 16.6. The molecule has 0 bridgehead atoms. The van der Waals surface area contributed by atoms with E-state index in [0.717, 1.165) is 5.70 Å². The lowest BCUT2D eigenvalue weighted by molar-refractivity contribution is 0.166. The van der Waals surface area contributed by atoms with Crippen molar-refractivity contribution in [1.29, 1.82) is 0 Å². The number of hydrogen-bond acceptors (Lipinski definition) is 2. The fraction of sp³-hybridized carbons (Fsp3) is 0.125. The van der Waals surface area contributed by atoms with Crippen molar-refractivity contribution < 1.29 is 9.53 Å². The molecule has 11 heavy (non-hydrogen) atoms. The first-order valence-corrected chi connectivity index (χ1v) is 3.38. The maximum atomic E-state index is 10.9. The molecule has 0 aromatic heterocycles. The molecule has 1 fully saturated rings. The number of rotatable bonds is 0. The molecular formula is C8H7NO2. The Morgan fingerprint density at radius 1 is 1.36 bits per heavy atom. The van der Waals surface area contributed by atoms with Crippen molar-refractivity contribution in [3.05, 3.63) is 36.2 Å². The van der Waals surface area contributed by atoms with Gasteiger partial charge in [0, 0.05) is 6.20 Å². The van der Waals surface area contributed by atoms with Crippen molar-refractivity contribution in [1.82, 2.24) is 4.90 Å². The lowest BCUT2D eigenvalue weighted by atomic mass is 10.4. The molecule has 0 radical (unpaired) electrons. The number of nitrogens with zero attached hydrogens (tertiary/aromatic N) is 1. The molecule has 1 saturated heterocycles. The summed E-state index contributed by atoms with van der Waals surface area (Å²) >= 11 is 0. The fourth-order valence-electron chi connectivity index (χ4n) is 1.04. The maximum Gasteiger partial charge on any atom is 0.418 e. The number of fused-ring (bicyclic) bond motifs is 1. The summed E-state index contributed by atoms with van der Waals surface area (Å²) in [5.41, 5.74) is 0.889. The zero-order chi connectivity index (χ0) is 7.68. The monoisotopic (exact) mass is 149 g/mol. The number of carbonyl (C=O) groups is 1. The summed E-state index contributed by atoms with van der Waals surface area (Å²) in [7, 11) is 0. The molecule has 1 amide bonds. The van der Waals surface area contributed by atoms with E-state index in [4.69, 9.17) is 4.74 Å². The number of allylic oxidation sites excluding steroid dienone is 4. The molecule has 0 aromatic rings. The van der Waals surface area contributed by atoms with E-state index < -0.39 is 0 Å². The van der Waals surface area contributed by atoms with E-state index in [1.54, 1.807) is 12.3 Å². The number of ether oxygens (including phenoxy) is 1. The van der Waals surface area contributed by atoms with Gasteiger partial charge in [-0.25, -0.2) is 4.79 Å². The van der Waals surface area contributed by atoms with E-state index in [-0.39, 0.29) is 6.09 Å². The van der Waals surface area contributed by atoms with Crippen LogP contribution < -0.4 is 0 Å². The van der Waals surface area contributed by atoms with Crippen LogP contribution in [0.15, 0.2) is 36.2 Å². The van der Waals surface area contributed by atoms with Gasteiger partial charge in [0.2, 0.25) is 0 Å². The topological polar surface area (TPSA) is 29.5 Å². The minimum Gasteiger partial charge on any atom is -0.442 e. The molecule has 0 spiro atoms. The molecule has 2 aliphatic rings. The predicted molar refractivity (Wildman–Crippen MR) is 39.6 cm³/mol. The molecule has 0 saturated carbocycles. The average Bonchev–Trinajstić information content (AvgIpc) is 2.25. The maximum absolute atomic E-state index is 10.9. The lowest BCUT2D eigenvalue weighted by Crippen LogP contribution is -2.14. The van der Waals surface area contributed by atoms with Crippen LogP contribution in [0.3, 0.4) is 0 Å². The highest BCUT2D eigenvalue weighted by Gasteiger charge is 2.24. The Kier molecular flexibility index (Phi) is 1.28. The Bertz CT molecular complexity index is 276. The van der Waals surface area contributed by atoms with Crippen molar-refractivity contribution >= 4 is 6.09 Å².